The highest BCUT2D eigenvalue weighted by Crippen LogP contribution is 2.58. The van der Waals surface area contributed by atoms with Crippen molar-refractivity contribution in [3.8, 4) is 11.1 Å². The summed E-state index contributed by atoms with van der Waals surface area (Å²) in [5.74, 6) is -0.886. The van der Waals surface area contributed by atoms with E-state index in [0.717, 1.165) is 11.1 Å². The lowest BCUT2D eigenvalue weighted by atomic mass is 9.98. The van der Waals surface area contributed by atoms with Gasteiger partial charge in [0.05, 0.1) is 5.41 Å². The molecule has 0 bridgehead atoms. The van der Waals surface area contributed by atoms with Crippen LogP contribution < -0.4 is 5.32 Å². The van der Waals surface area contributed by atoms with Gasteiger partial charge < -0.3 is 20.1 Å². The number of alkyl carbamates (subject to hydrolysis) is 1. The Morgan fingerprint density at radius 1 is 1.12 bits per heavy atom. The van der Waals surface area contributed by atoms with E-state index in [9.17, 15) is 19.5 Å². The smallest absolute Gasteiger partial charge is 0.407 e. The Kier molecular flexibility index (Phi) is 5.35. The maximum Gasteiger partial charge on any atom is 0.407 e. The normalized spacial score (nSPS) is 23.3. The molecule has 33 heavy (non-hydrogen) atoms. The van der Waals surface area contributed by atoms with E-state index in [2.05, 4.69) is 29.6 Å². The topological polar surface area (TPSA) is 95.9 Å². The molecule has 2 N–H and O–H groups in total. The number of nitrogens with zero attached hydrogens (tertiary/aromatic N) is 1. The molecule has 0 spiro atoms. The van der Waals surface area contributed by atoms with Gasteiger partial charge in [-0.25, -0.2) is 4.79 Å². The number of piperidine rings is 1. The third-order valence-corrected chi connectivity index (χ3v) is 7.50. The molecule has 2 aromatic rings. The second kappa shape index (κ2) is 8.21. The average molecular weight is 449 g/mol. The summed E-state index contributed by atoms with van der Waals surface area (Å²) in [6.07, 6.45) is 0.838. The van der Waals surface area contributed by atoms with Gasteiger partial charge in [0, 0.05) is 31.5 Å². The van der Waals surface area contributed by atoms with Crippen LogP contribution in [0.3, 0.4) is 0 Å². The zero-order valence-electron chi connectivity index (χ0n) is 18.6. The van der Waals surface area contributed by atoms with Gasteiger partial charge in [-0.05, 0) is 41.0 Å². The van der Waals surface area contributed by atoms with Crippen LogP contribution in [-0.2, 0) is 14.3 Å². The molecule has 2 unspecified atom stereocenters. The minimum atomic E-state index is -0.813. The predicted octanol–water partition coefficient (Wildman–Crippen LogP) is 3.63. The third kappa shape index (κ3) is 3.75. The quantitative estimate of drug-likeness (QED) is 0.674. The fourth-order valence-corrected chi connectivity index (χ4v) is 5.45. The number of amides is 2. The number of rotatable bonds is 7. The summed E-state index contributed by atoms with van der Waals surface area (Å²) in [6, 6.07) is 16.0. The summed E-state index contributed by atoms with van der Waals surface area (Å²) in [6.45, 7) is 2.89. The van der Waals surface area contributed by atoms with Crippen LogP contribution in [0.1, 0.15) is 43.2 Å². The maximum absolute atomic E-state index is 12.7. The highest BCUT2D eigenvalue weighted by Gasteiger charge is 2.66. The number of aliphatic carboxylic acids is 1. The number of fused-ring (bicyclic) bond motifs is 4. The molecule has 7 heteroatoms. The van der Waals surface area contributed by atoms with E-state index in [1.165, 1.54) is 11.1 Å². The van der Waals surface area contributed by atoms with Crippen LogP contribution in [0.15, 0.2) is 48.5 Å². The van der Waals surface area contributed by atoms with Crippen molar-refractivity contribution in [2.45, 2.75) is 38.1 Å². The highest BCUT2D eigenvalue weighted by atomic mass is 16.5. The van der Waals surface area contributed by atoms with Crippen LogP contribution >= 0.6 is 0 Å². The summed E-state index contributed by atoms with van der Waals surface area (Å²) in [5.41, 5.74) is 3.89. The molecule has 3 atom stereocenters. The lowest BCUT2D eigenvalue weighted by Crippen LogP contribution is -2.41. The molecule has 3 aliphatic rings. The van der Waals surface area contributed by atoms with Crippen molar-refractivity contribution in [2.75, 3.05) is 19.7 Å². The van der Waals surface area contributed by atoms with Crippen molar-refractivity contribution in [1.82, 2.24) is 10.2 Å². The summed E-state index contributed by atoms with van der Waals surface area (Å²) in [5, 5.41) is 12.2. The predicted molar refractivity (Wildman–Crippen MR) is 122 cm³/mol. The fraction of sp³-hybridized carbons (Fsp3) is 0.423. The average Bonchev–Trinajstić information content (AvgIpc) is 3.25. The van der Waals surface area contributed by atoms with E-state index >= 15 is 0 Å². The Balaban J connectivity index is 1.16. The Morgan fingerprint density at radius 3 is 2.33 bits per heavy atom. The van der Waals surface area contributed by atoms with Crippen LogP contribution in [0.25, 0.3) is 11.1 Å². The van der Waals surface area contributed by atoms with Gasteiger partial charge in [0.2, 0.25) is 5.91 Å². The zero-order valence-corrected chi connectivity index (χ0v) is 18.6. The number of carbonyl (C=O) groups excluding carboxylic acids is 2. The Labute approximate surface area is 192 Å². The largest absolute Gasteiger partial charge is 0.481 e. The van der Waals surface area contributed by atoms with E-state index in [4.69, 9.17) is 4.74 Å². The lowest BCUT2D eigenvalue weighted by Gasteiger charge is -2.23. The van der Waals surface area contributed by atoms with Crippen molar-refractivity contribution in [1.29, 1.82) is 0 Å². The SMILES string of the molecule is CC[C@H](CC(=O)N1CC2CC2(C(=O)O)C1)NC(=O)OCC1c2ccccc2-c2ccccc21. The van der Waals surface area contributed by atoms with Gasteiger partial charge in [-0.2, -0.15) is 0 Å². The first-order chi connectivity index (χ1) is 15.9. The summed E-state index contributed by atoms with van der Waals surface area (Å²) >= 11 is 0. The first-order valence-corrected chi connectivity index (χ1v) is 11.6. The molecule has 2 aliphatic carbocycles. The van der Waals surface area contributed by atoms with Gasteiger partial charge >= 0.3 is 12.1 Å². The van der Waals surface area contributed by atoms with Crippen molar-refractivity contribution in [2.24, 2.45) is 11.3 Å². The molecule has 1 heterocycles. The first kappa shape index (κ1) is 21.5. The molecule has 0 radical (unpaired) electrons. The number of nitrogens with one attached hydrogen (secondary N) is 1. The number of ether oxygens (including phenoxy) is 1. The number of carbonyl (C=O) groups is 3. The molecule has 1 aliphatic heterocycles. The second-order valence-corrected chi connectivity index (χ2v) is 9.42. The van der Waals surface area contributed by atoms with Crippen molar-refractivity contribution >= 4 is 18.0 Å². The van der Waals surface area contributed by atoms with E-state index in [1.807, 2.05) is 31.2 Å². The molecular formula is C26H28N2O5. The minimum Gasteiger partial charge on any atom is -0.481 e. The maximum atomic E-state index is 12.7. The number of carboxylic acids is 1. The van der Waals surface area contributed by atoms with Crippen molar-refractivity contribution in [3.63, 3.8) is 0 Å². The van der Waals surface area contributed by atoms with Crippen molar-refractivity contribution in [3.05, 3.63) is 59.7 Å². The standard InChI is InChI=1S/C26H28N2O5/c1-2-17(11-23(29)28-13-16-12-26(16,15-28)24(30)31)27-25(32)33-14-22-20-9-5-3-7-18(20)19-8-4-6-10-21(19)22/h3-10,16-17,22H,2,11-15H2,1H3,(H,27,32)(H,30,31)/t16?,17-,26?/m1/s1. The lowest BCUT2D eigenvalue weighted by molar-refractivity contribution is -0.144. The van der Waals surface area contributed by atoms with Crippen LogP contribution in [0.5, 0.6) is 0 Å². The number of benzene rings is 2. The van der Waals surface area contributed by atoms with Crippen LogP contribution in [-0.4, -0.2) is 53.7 Å². The van der Waals surface area contributed by atoms with E-state index in [1.54, 1.807) is 4.90 Å². The summed E-state index contributed by atoms with van der Waals surface area (Å²) < 4.78 is 5.60. The van der Waals surface area contributed by atoms with Crippen molar-refractivity contribution < 1.29 is 24.2 Å². The molecule has 7 nitrogen and oxygen atoms in total. The third-order valence-electron chi connectivity index (χ3n) is 7.50. The number of likely N-dealkylation sites (tertiary alicyclic amines) is 1. The molecule has 172 valence electrons. The minimum absolute atomic E-state index is 0.0200. The molecule has 1 saturated heterocycles. The molecule has 5 rings (SSSR count). The monoisotopic (exact) mass is 448 g/mol. The van der Waals surface area contributed by atoms with E-state index < -0.39 is 17.5 Å². The van der Waals surface area contributed by atoms with Crippen LogP contribution in [0.4, 0.5) is 4.79 Å². The molecule has 0 aromatic heterocycles. The Bertz CT molecular complexity index is 1070. The van der Waals surface area contributed by atoms with Gasteiger partial charge in [-0.1, -0.05) is 55.5 Å². The van der Waals surface area contributed by atoms with Gasteiger partial charge in [0.25, 0.3) is 0 Å². The molecule has 1 saturated carbocycles. The molecule has 2 aromatic carbocycles. The zero-order chi connectivity index (χ0) is 23.2. The molecule has 2 amide bonds. The Morgan fingerprint density at radius 2 is 1.76 bits per heavy atom. The second-order valence-electron chi connectivity index (χ2n) is 9.42. The summed E-state index contributed by atoms with van der Waals surface area (Å²) in [4.78, 5) is 38.4. The van der Waals surface area contributed by atoms with Crippen LogP contribution in [0.2, 0.25) is 0 Å². The fourth-order valence-electron chi connectivity index (χ4n) is 5.45. The molecular weight excluding hydrogens is 420 g/mol. The highest BCUT2D eigenvalue weighted by molar-refractivity contribution is 5.84. The number of carboxylic acid groups (broad SMARTS) is 1. The molecule has 2 fully saturated rings. The van der Waals surface area contributed by atoms with Gasteiger partial charge in [-0.15, -0.1) is 0 Å². The Hall–Kier alpha value is -3.35. The first-order valence-electron chi connectivity index (χ1n) is 11.6. The van der Waals surface area contributed by atoms with E-state index in [0.29, 0.717) is 19.4 Å². The van der Waals surface area contributed by atoms with Crippen LogP contribution in [0, 0.1) is 11.3 Å². The van der Waals surface area contributed by atoms with Gasteiger partial charge in [-0.3, -0.25) is 9.59 Å². The van der Waals surface area contributed by atoms with Gasteiger partial charge in [0.1, 0.15) is 6.61 Å². The number of hydrogen-bond acceptors (Lipinski definition) is 4. The number of hydrogen-bond donors (Lipinski definition) is 2. The van der Waals surface area contributed by atoms with E-state index in [-0.39, 0.29) is 43.4 Å². The summed E-state index contributed by atoms with van der Waals surface area (Å²) in [7, 11) is 0. The van der Waals surface area contributed by atoms with Gasteiger partial charge in [0.15, 0.2) is 0 Å².